The number of carbonyl (C=O) groups excluding carboxylic acids is 1. The molecule has 1 aromatic rings. The Morgan fingerprint density at radius 2 is 2.00 bits per heavy atom. The molecule has 0 aliphatic carbocycles. The van der Waals surface area contributed by atoms with Crippen molar-refractivity contribution in [2.24, 2.45) is 0 Å². The fraction of sp³-hybridized carbons (Fsp3) is 0.462. The van der Waals surface area contributed by atoms with Gasteiger partial charge in [0.1, 0.15) is 0 Å². The van der Waals surface area contributed by atoms with Gasteiger partial charge in [-0.3, -0.25) is 4.79 Å². The zero-order valence-electron chi connectivity index (χ0n) is 10.9. The summed E-state index contributed by atoms with van der Waals surface area (Å²) in [5.74, 6) is 1.04. The van der Waals surface area contributed by atoms with E-state index in [0.29, 0.717) is 23.6 Å². The molecule has 100 valence electrons. The third-order valence-corrected chi connectivity index (χ3v) is 2.46. The van der Waals surface area contributed by atoms with Gasteiger partial charge in [0.25, 0.3) is 0 Å². The molecule has 1 amide bonds. The average molecular weight is 253 g/mol. The topological polar surface area (TPSA) is 67.8 Å². The molecule has 18 heavy (non-hydrogen) atoms. The lowest BCUT2D eigenvalue weighted by molar-refractivity contribution is -0.116. The van der Waals surface area contributed by atoms with Crippen LogP contribution in [0, 0.1) is 0 Å². The molecule has 0 aliphatic heterocycles. The smallest absolute Gasteiger partial charge is 0.224 e. The number of carbonyl (C=O) groups is 1. The van der Waals surface area contributed by atoms with Gasteiger partial charge in [-0.1, -0.05) is 0 Å². The van der Waals surface area contributed by atoms with Crippen molar-refractivity contribution in [2.75, 3.05) is 19.5 Å². The second-order valence-electron chi connectivity index (χ2n) is 4.01. The first kappa shape index (κ1) is 14.3. The molecule has 5 nitrogen and oxygen atoms in total. The van der Waals surface area contributed by atoms with Crippen LogP contribution in [0.4, 0.5) is 5.69 Å². The molecule has 1 atom stereocenters. The molecule has 0 spiro atoms. The summed E-state index contributed by atoms with van der Waals surface area (Å²) in [5.41, 5.74) is 0.642. The van der Waals surface area contributed by atoms with Crippen LogP contribution in [0.5, 0.6) is 11.5 Å². The first-order chi connectivity index (χ1) is 8.56. The Morgan fingerprint density at radius 1 is 1.33 bits per heavy atom. The molecule has 5 heteroatoms. The summed E-state index contributed by atoms with van der Waals surface area (Å²) in [6.45, 7) is 1.66. The van der Waals surface area contributed by atoms with Gasteiger partial charge >= 0.3 is 0 Å². The van der Waals surface area contributed by atoms with E-state index in [0.717, 1.165) is 0 Å². The van der Waals surface area contributed by atoms with Crippen molar-refractivity contribution in [3.05, 3.63) is 18.2 Å². The minimum Gasteiger partial charge on any atom is -0.493 e. The van der Waals surface area contributed by atoms with E-state index in [-0.39, 0.29) is 12.3 Å². The van der Waals surface area contributed by atoms with E-state index in [1.165, 1.54) is 7.11 Å². The van der Waals surface area contributed by atoms with E-state index in [2.05, 4.69) is 5.32 Å². The number of aliphatic hydroxyl groups excluding tert-OH is 1. The first-order valence-corrected chi connectivity index (χ1v) is 5.76. The molecule has 0 bridgehead atoms. The summed E-state index contributed by atoms with van der Waals surface area (Å²) >= 11 is 0. The largest absolute Gasteiger partial charge is 0.493 e. The highest BCUT2D eigenvalue weighted by Crippen LogP contribution is 2.29. The highest BCUT2D eigenvalue weighted by Gasteiger charge is 2.08. The lowest BCUT2D eigenvalue weighted by Gasteiger charge is -2.10. The number of hydrogen-bond donors (Lipinski definition) is 2. The lowest BCUT2D eigenvalue weighted by Crippen LogP contribution is -2.14. The Hall–Kier alpha value is -1.75. The highest BCUT2D eigenvalue weighted by atomic mass is 16.5. The summed E-state index contributed by atoms with van der Waals surface area (Å²) in [6.07, 6.45) is 0.256. The van der Waals surface area contributed by atoms with Crippen molar-refractivity contribution in [3.8, 4) is 11.5 Å². The van der Waals surface area contributed by atoms with Crippen molar-refractivity contribution >= 4 is 11.6 Å². The van der Waals surface area contributed by atoms with Gasteiger partial charge in [-0.2, -0.15) is 0 Å². The third kappa shape index (κ3) is 4.25. The molecule has 0 fully saturated rings. The molecule has 0 saturated carbocycles. The molecular formula is C13H19NO4. The number of nitrogens with one attached hydrogen (secondary N) is 1. The average Bonchev–Trinajstić information content (AvgIpc) is 2.36. The van der Waals surface area contributed by atoms with Crippen molar-refractivity contribution in [3.63, 3.8) is 0 Å². The number of benzene rings is 1. The first-order valence-electron chi connectivity index (χ1n) is 5.76. The minimum atomic E-state index is -0.471. The van der Waals surface area contributed by atoms with Crippen LogP contribution in [0.25, 0.3) is 0 Å². The molecule has 2 N–H and O–H groups in total. The van der Waals surface area contributed by atoms with Gasteiger partial charge in [0, 0.05) is 18.2 Å². The Labute approximate surface area is 107 Å². The number of aliphatic hydroxyl groups is 1. The van der Waals surface area contributed by atoms with Crippen LogP contribution in [0.2, 0.25) is 0 Å². The molecule has 1 unspecified atom stereocenters. The van der Waals surface area contributed by atoms with Gasteiger partial charge < -0.3 is 19.9 Å². The number of ether oxygens (including phenoxy) is 2. The summed E-state index contributed by atoms with van der Waals surface area (Å²) < 4.78 is 10.2. The Kier molecular flexibility index (Phi) is 5.45. The Bertz CT molecular complexity index is 404. The van der Waals surface area contributed by atoms with E-state index < -0.39 is 6.10 Å². The number of rotatable bonds is 6. The number of anilines is 1. The van der Waals surface area contributed by atoms with Gasteiger partial charge in [-0.05, 0) is 25.5 Å². The van der Waals surface area contributed by atoms with Gasteiger partial charge in [-0.15, -0.1) is 0 Å². The fourth-order valence-corrected chi connectivity index (χ4v) is 1.48. The second kappa shape index (κ2) is 6.86. The quantitative estimate of drug-likeness (QED) is 0.811. The number of amides is 1. The van der Waals surface area contributed by atoms with Gasteiger partial charge in [0.05, 0.1) is 20.3 Å². The van der Waals surface area contributed by atoms with E-state index in [9.17, 15) is 4.79 Å². The maximum absolute atomic E-state index is 11.6. The van der Waals surface area contributed by atoms with Crippen LogP contribution in [-0.4, -0.2) is 31.3 Å². The van der Waals surface area contributed by atoms with Crippen LogP contribution < -0.4 is 14.8 Å². The normalized spacial score (nSPS) is 11.8. The predicted molar refractivity (Wildman–Crippen MR) is 69.1 cm³/mol. The van der Waals surface area contributed by atoms with Crippen molar-refractivity contribution in [1.29, 1.82) is 0 Å². The Morgan fingerprint density at radius 3 is 2.56 bits per heavy atom. The molecular weight excluding hydrogens is 234 g/mol. The van der Waals surface area contributed by atoms with Crippen molar-refractivity contribution in [2.45, 2.75) is 25.9 Å². The maximum atomic E-state index is 11.6. The molecule has 0 aliphatic rings. The van der Waals surface area contributed by atoms with E-state index in [4.69, 9.17) is 14.6 Å². The molecule has 1 aromatic carbocycles. The number of hydrogen-bond acceptors (Lipinski definition) is 4. The maximum Gasteiger partial charge on any atom is 0.224 e. The number of methoxy groups -OCH3 is 2. The summed E-state index contributed by atoms with van der Waals surface area (Å²) in [5, 5.41) is 11.8. The second-order valence-corrected chi connectivity index (χ2v) is 4.01. The standard InChI is InChI=1S/C13H19NO4/c1-9(15)4-7-13(16)14-10-5-6-11(17-2)12(8-10)18-3/h5-6,8-9,15H,4,7H2,1-3H3,(H,14,16). The van der Waals surface area contributed by atoms with Crippen LogP contribution in [-0.2, 0) is 4.79 Å². The van der Waals surface area contributed by atoms with Crippen molar-refractivity contribution < 1.29 is 19.4 Å². The summed E-state index contributed by atoms with van der Waals surface area (Å²) in [7, 11) is 3.09. The molecule has 1 rings (SSSR count). The summed E-state index contributed by atoms with van der Waals surface area (Å²) in [6, 6.07) is 5.16. The predicted octanol–water partition coefficient (Wildman–Crippen LogP) is 1.80. The van der Waals surface area contributed by atoms with Gasteiger partial charge in [-0.25, -0.2) is 0 Å². The SMILES string of the molecule is COc1ccc(NC(=O)CCC(C)O)cc1OC. The van der Waals surface area contributed by atoms with E-state index in [1.54, 1.807) is 32.2 Å². The minimum absolute atomic E-state index is 0.136. The molecule has 0 heterocycles. The zero-order valence-corrected chi connectivity index (χ0v) is 10.9. The molecule has 0 radical (unpaired) electrons. The third-order valence-electron chi connectivity index (χ3n) is 2.46. The fourth-order valence-electron chi connectivity index (χ4n) is 1.48. The van der Waals surface area contributed by atoms with Crippen LogP contribution >= 0.6 is 0 Å². The lowest BCUT2D eigenvalue weighted by atomic mass is 10.2. The molecule has 0 saturated heterocycles. The van der Waals surface area contributed by atoms with Crippen LogP contribution in [0.15, 0.2) is 18.2 Å². The zero-order chi connectivity index (χ0) is 13.5. The highest BCUT2D eigenvalue weighted by molar-refractivity contribution is 5.91. The van der Waals surface area contributed by atoms with E-state index >= 15 is 0 Å². The van der Waals surface area contributed by atoms with Crippen molar-refractivity contribution in [1.82, 2.24) is 0 Å². The summed E-state index contributed by atoms with van der Waals surface area (Å²) in [4.78, 5) is 11.6. The van der Waals surface area contributed by atoms with Gasteiger partial charge in [0.15, 0.2) is 11.5 Å². The van der Waals surface area contributed by atoms with Crippen LogP contribution in [0.3, 0.4) is 0 Å². The Balaban J connectivity index is 2.64. The van der Waals surface area contributed by atoms with Gasteiger partial charge in [0.2, 0.25) is 5.91 Å². The van der Waals surface area contributed by atoms with E-state index in [1.807, 2.05) is 0 Å². The monoisotopic (exact) mass is 253 g/mol. The van der Waals surface area contributed by atoms with Crippen LogP contribution in [0.1, 0.15) is 19.8 Å². The molecule has 0 aromatic heterocycles.